The molecule has 6 heteroatoms. The van der Waals surface area contributed by atoms with E-state index < -0.39 is 9.84 Å². The van der Waals surface area contributed by atoms with E-state index in [1.165, 1.54) is 19.2 Å². The minimum absolute atomic E-state index is 0.0810. The van der Waals surface area contributed by atoms with Gasteiger partial charge in [-0.25, -0.2) is 8.42 Å². The fourth-order valence-corrected chi connectivity index (χ4v) is 3.72. The molecule has 2 aromatic carbocycles. The number of hydrogen-bond acceptors (Lipinski definition) is 4. The lowest BCUT2D eigenvalue weighted by molar-refractivity contribution is -0.115. The molecule has 140 valence electrons. The minimum atomic E-state index is -3.49. The Bertz CT molecular complexity index is 868. The Morgan fingerprint density at radius 2 is 1.73 bits per heavy atom. The maximum absolute atomic E-state index is 12.3. The zero-order valence-corrected chi connectivity index (χ0v) is 16.4. The van der Waals surface area contributed by atoms with Gasteiger partial charge in [-0.1, -0.05) is 45.0 Å². The van der Waals surface area contributed by atoms with Crippen LogP contribution in [0.15, 0.2) is 53.4 Å². The van der Waals surface area contributed by atoms with E-state index in [1.807, 2.05) is 12.1 Å². The van der Waals surface area contributed by atoms with Crippen molar-refractivity contribution < 1.29 is 17.9 Å². The second-order valence-corrected chi connectivity index (χ2v) is 9.20. The van der Waals surface area contributed by atoms with Crippen molar-refractivity contribution in [2.45, 2.75) is 37.5 Å². The zero-order chi connectivity index (χ0) is 19.4. The number of methoxy groups -OCH3 is 1. The van der Waals surface area contributed by atoms with Crippen LogP contribution >= 0.6 is 0 Å². The summed E-state index contributed by atoms with van der Waals surface area (Å²) in [6, 6.07) is 13.8. The highest BCUT2D eigenvalue weighted by molar-refractivity contribution is 7.91. The summed E-state index contributed by atoms with van der Waals surface area (Å²) in [6.45, 7) is 6.23. The number of hydrogen-bond donors (Lipinski definition) is 1. The van der Waals surface area contributed by atoms with Crippen LogP contribution in [0, 0.1) is 0 Å². The molecule has 0 heterocycles. The van der Waals surface area contributed by atoms with Gasteiger partial charge in [-0.15, -0.1) is 0 Å². The van der Waals surface area contributed by atoms with Gasteiger partial charge in [-0.05, 0) is 35.2 Å². The number of rotatable bonds is 6. The topological polar surface area (TPSA) is 72.5 Å². The molecular weight excluding hydrogens is 350 g/mol. The number of sulfone groups is 1. The van der Waals surface area contributed by atoms with Gasteiger partial charge in [0.15, 0.2) is 9.84 Å². The zero-order valence-electron chi connectivity index (χ0n) is 15.6. The molecule has 0 saturated heterocycles. The predicted octanol–water partition coefficient (Wildman–Crippen LogP) is 3.80. The van der Waals surface area contributed by atoms with Crippen LogP contribution in [0.1, 0.15) is 32.8 Å². The Hall–Kier alpha value is -2.34. The van der Waals surface area contributed by atoms with Gasteiger partial charge in [0.2, 0.25) is 5.91 Å². The number of carbonyl (C=O) groups is 1. The highest BCUT2D eigenvalue weighted by atomic mass is 32.2. The second kappa shape index (κ2) is 7.91. The summed E-state index contributed by atoms with van der Waals surface area (Å²) in [7, 11) is -1.96. The molecule has 0 radical (unpaired) electrons. The average Bonchev–Trinajstić information content (AvgIpc) is 2.60. The van der Waals surface area contributed by atoms with Crippen molar-refractivity contribution in [2.24, 2.45) is 0 Å². The molecule has 0 spiro atoms. The fourth-order valence-electron chi connectivity index (χ4n) is 2.46. The Morgan fingerprint density at radius 1 is 1.08 bits per heavy atom. The molecule has 0 fully saturated rings. The summed E-state index contributed by atoms with van der Waals surface area (Å²) in [5, 5.41) is 2.77. The molecule has 0 aliphatic heterocycles. The van der Waals surface area contributed by atoms with Gasteiger partial charge in [0, 0.05) is 6.42 Å². The standard InChI is InChI=1S/C20H25NO4S/c1-20(2,3)15-10-11-18(25-4)17(14-15)21-19(22)12-13-26(23,24)16-8-6-5-7-9-16/h5-11,14H,12-13H2,1-4H3,(H,21,22). The molecule has 0 aromatic heterocycles. The third-order valence-corrected chi connectivity index (χ3v) is 5.77. The smallest absolute Gasteiger partial charge is 0.225 e. The quantitative estimate of drug-likeness (QED) is 0.834. The van der Waals surface area contributed by atoms with Crippen LogP contribution in [0.5, 0.6) is 5.75 Å². The molecule has 5 nitrogen and oxygen atoms in total. The first-order valence-corrected chi connectivity index (χ1v) is 10.0. The van der Waals surface area contributed by atoms with E-state index in [0.717, 1.165) is 5.56 Å². The van der Waals surface area contributed by atoms with Gasteiger partial charge in [-0.3, -0.25) is 4.79 Å². The summed E-state index contributed by atoms with van der Waals surface area (Å²) in [4.78, 5) is 12.5. The lowest BCUT2D eigenvalue weighted by Crippen LogP contribution is -2.18. The van der Waals surface area contributed by atoms with E-state index in [-0.39, 0.29) is 28.4 Å². The van der Waals surface area contributed by atoms with Crippen molar-refractivity contribution in [1.29, 1.82) is 0 Å². The SMILES string of the molecule is COc1ccc(C(C)(C)C)cc1NC(=O)CCS(=O)(=O)c1ccccc1. The van der Waals surface area contributed by atoms with Crippen molar-refractivity contribution in [3.63, 3.8) is 0 Å². The van der Waals surface area contributed by atoms with Crippen LogP contribution in [0.4, 0.5) is 5.69 Å². The van der Waals surface area contributed by atoms with E-state index in [0.29, 0.717) is 11.4 Å². The molecule has 0 aliphatic carbocycles. The van der Waals surface area contributed by atoms with Crippen molar-refractivity contribution in [3.8, 4) is 5.75 Å². The van der Waals surface area contributed by atoms with Gasteiger partial charge >= 0.3 is 0 Å². The van der Waals surface area contributed by atoms with Gasteiger partial charge in [-0.2, -0.15) is 0 Å². The van der Waals surface area contributed by atoms with Gasteiger partial charge in [0.25, 0.3) is 0 Å². The van der Waals surface area contributed by atoms with Gasteiger partial charge in [0.05, 0.1) is 23.4 Å². The molecule has 0 saturated carbocycles. The van der Waals surface area contributed by atoms with Crippen molar-refractivity contribution in [2.75, 3.05) is 18.2 Å². The van der Waals surface area contributed by atoms with E-state index >= 15 is 0 Å². The van der Waals surface area contributed by atoms with Crippen LogP contribution < -0.4 is 10.1 Å². The Labute approximate surface area is 155 Å². The van der Waals surface area contributed by atoms with Crippen LogP contribution in [-0.2, 0) is 20.0 Å². The maximum Gasteiger partial charge on any atom is 0.225 e. The first kappa shape index (κ1) is 20.0. The first-order chi connectivity index (χ1) is 12.1. The van der Waals surface area contributed by atoms with E-state index in [4.69, 9.17) is 4.74 Å². The van der Waals surface area contributed by atoms with Crippen LogP contribution in [0.25, 0.3) is 0 Å². The Balaban J connectivity index is 2.10. The summed E-state index contributed by atoms with van der Waals surface area (Å²) >= 11 is 0. The molecule has 0 bridgehead atoms. The molecule has 1 amide bonds. The van der Waals surface area contributed by atoms with Gasteiger partial charge in [0.1, 0.15) is 5.75 Å². The Kier molecular flexibility index (Phi) is 6.08. The normalized spacial score (nSPS) is 11.8. The minimum Gasteiger partial charge on any atom is -0.495 e. The molecule has 26 heavy (non-hydrogen) atoms. The number of amides is 1. The van der Waals surface area contributed by atoms with Crippen molar-refractivity contribution in [3.05, 3.63) is 54.1 Å². The summed E-state index contributed by atoms with van der Waals surface area (Å²) < 4.78 is 29.9. The molecule has 2 aromatic rings. The summed E-state index contributed by atoms with van der Waals surface area (Å²) in [6.07, 6.45) is -0.125. The molecule has 0 unspecified atom stereocenters. The molecule has 0 aliphatic rings. The number of nitrogens with one attached hydrogen (secondary N) is 1. The Morgan fingerprint density at radius 3 is 2.31 bits per heavy atom. The first-order valence-electron chi connectivity index (χ1n) is 8.39. The molecule has 1 N–H and O–H groups in total. The summed E-state index contributed by atoms with van der Waals surface area (Å²) in [5.74, 6) is -0.0736. The highest BCUT2D eigenvalue weighted by Gasteiger charge is 2.19. The average molecular weight is 375 g/mol. The van der Waals surface area contributed by atoms with Crippen molar-refractivity contribution in [1.82, 2.24) is 0 Å². The number of benzene rings is 2. The van der Waals surface area contributed by atoms with E-state index in [9.17, 15) is 13.2 Å². The van der Waals surface area contributed by atoms with E-state index in [1.54, 1.807) is 24.3 Å². The molecule has 0 atom stereocenters. The second-order valence-electron chi connectivity index (χ2n) is 7.10. The number of anilines is 1. The third-order valence-electron chi connectivity index (χ3n) is 4.04. The summed E-state index contributed by atoms with van der Waals surface area (Å²) in [5.41, 5.74) is 1.51. The van der Waals surface area contributed by atoms with Crippen LogP contribution in [-0.4, -0.2) is 27.2 Å². The third kappa shape index (κ3) is 5.08. The molecule has 2 rings (SSSR count). The number of ether oxygens (including phenoxy) is 1. The van der Waals surface area contributed by atoms with Gasteiger partial charge < -0.3 is 10.1 Å². The van der Waals surface area contributed by atoms with E-state index in [2.05, 4.69) is 26.1 Å². The lowest BCUT2D eigenvalue weighted by atomic mass is 9.87. The largest absolute Gasteiger partial charge is 0.495 e. The van der Waals surface area contributed by atoms with Crippen LogP contribution in [0.2, 0.25) is 0 Å². The highest BCUT2D eigenvalue weighted by Crippen LogP contribution is 2.31. The lowest BCUT2D eigenvalue weighted by Gasteiger charge is -2.21. The number of carbonyl (C=O) groups excluding carboxylic acids is 1. The fraction of sp³-hybridized carbons (Fsp3) is 0.350. The van der Waals surface area contributed by atoms with Crippen LogP contribution in [0.3, 0.4) is 0 Å². The maximum atomic E-state index is 12.3. The van der Waals surface area contributed by atoms with Crippen molar-refractivity contribution >= 4 is 21.4 Å². The molecular formula is C20H25NO4S. The monoisotopic (exact) mass is 375 g/mol. The predicted molar refractivity (Wildman–Crippen MR) is 103 cm³/mol.